The van der Waals surface area contributed by atoms with Crippen molar-refractivity contribution in [2.45, 2.75) is 32.2 Å². The maximum absolute atomic E-state index is 10.4. The standard InChI is InChI=1S/C8H13NO3/c1-8(2-3-8)6(9-5-10)4-7(11)12/h5-6H,2-4H2,1H3,(H,9,10)(H,11,12). The molecule has 1 amide bonds. The van der Waals surface area contributed by atoms with Crippen molar-refractivity contribution in [2.24, 2.45) is 5.41 Å². The Morgan fingerprint density at radius 3 is 2.67 bits per heavy atom. The first kappa shape index (κ1) is 9.03. The molecule has 4 heteroatoms. The molecule has 1 aliphatic rings. The monoisotopic (exact) mass is 171 g/mol. The van der Waals surface area contributed by atoms with E-state index >= 15 is 0 Å². The van der Waals surface area contributed by atoms with Gasteiger partial charge in [0.2, 0.25) is 6.41 Å². The zero-order chi connectivity index (χ0) is 9.19. The molecule has 1 atom stereocenters. The molecule has 0 aromatic heterocycles. The number of hydrogen-bond donors (Lipinski definition) is 2. The van der Waals surface area contributed by atoms with Gasteiger partial charge in [0, 0.05) is 6.04 Å². The highest BCUT2D eigenvalue weighted by Gasteiger charge is 2.45. The Balaban J connectivity index is 2.49. The number of amides is 1. The summed E-state index contributed by atoms with van der Waals surface area (Å²) in [6, 6.07) is -0.201. The predicted molar refractivity (Wildman–Crippen MR) is 42.6 cm³/mol. The van der Waals surface area contributed by atoms with Crippen molar-refractivity contribution >= 4 is 12.4 Å². The Morgan fingerprint density at radius 1 is 1.75 bits per heavy atom. The fourth-order valence-electron chi connectivity index (χ4n) is 1.31. The molecule has 0 heterocycles. The van der Waals surface area contributed by atoms with Crippen LogP contribution in [0.2, 0.25) is 0 Å². The van der Waals surface area contributed by atoms with Crippen molar-refractivity contribution in [1.82, 2.24) is 5.32 Å². The van der Waals surface area contributed by atoms with E-state index in [2.05, 4.69) is 5.32 Å². The average Bonchev–Trinajstić information content (AvgIpc) is 2.68. The smallest absolute Gasteiger partial charge is 0.305 e. The predicted octanol–water partition coefficient (Wildman–Crippen LogP) is 0.376. The lowest BCUT2D eigenvalue weighted by Crippen LogP contribution is -2.37. The van der Waals surface area contributed by atoms with Gasteiger partial charge < -0.3 is 10.4 Å². The van der Waals surface area contributed by atoms with Crippen molar-refractivity contribution in [3.05, 3.63) is 0 Å². The van der Waals surface area contributed by atoms with Crippen LogP contribution < -0.4 is 5.32 Å². The first-order valence-electron chi connectivity index (χ1n) is 4.00. The van der Waals surface area contributed by atoms with Gasteiger partial charge in [-0.1, -0.05) is 6.92 Å². The molecule has 4 nitrogen and oxygen atoms in total. The quantitative estimate of drug-likeness (QED) is 0.587. The lowest BCUT2D eigenvalue weighted by Gasteiger charge is -2.20. The maximum Gasteiger partial charge on any atom is 0.305 e. The van der Waals surface area contributed by atoms with Crippen molar-refractivity contribution in [3.63, 3.8) is 0 Å². The lowest BCUT2D eigenvalue weighted by molar-refractivity contribution is -0.138. The number of carboxylic acid groups (broad SMARTS) is 1. The summed E-state index contributed by atoms with van der Waals surface area (Å²) in [6.45, 7) is 2.00. The summed E-state index contributed by atoms with van der Waals surface area (Å²) in [5.41, 5.74) is 0.0271. The number of carbonyl (C=O) groups is 2. The third kappa shape index (κ3) is 1.96. The van der Waals surface area contributed by atoms with Crippen LogP contribution >= 0.6 is 0 Å². The average molecular weight is 171 g/mol. The molecule has 1 unspecified atom stereocenters. The highest BCUT2D eigenvalue weighted by molar-refractivity contribution is 5.68. The van der Waals surface area contributed by atoms with E-state index in [-0.39, 0.29) is 17.9 Å². The summed E-state index contributed by atoms with van der Waals surface area (Å²) in [6.07, 6.45) is 2.62. The van der Waals surface area contributed by atoms with Crippen LogP contribution in [0.3, 0.4) is 0 Å². The maximum atomic E-state index is 10.4. The molecule has 1 fully saturated rings. The zero-order valence-corrected chi connectivity index (χ0v) is 7.04. The van der Waals surface area contributed by atoms with Gasteiger partial charge in [-0.2, -0.15) is 0 Å². The third-order valence-electron chi connectivity index (χ3n) is 2.53. The van der Waals surface area contributed by atoms with Crippen molar-refractivity contribution < 1.29 is 14.7 Å². The zero-order valence-electron chi connectivity index (χ0n) is 7.04. The number of nitrogens with one attached hydrogen (secondary N) is 1. The molecule has 12 heavy (non-hydrogen) atoms. The van der Waals surface area contributed by atoms with Crippen LogP contribution in [0.4, 0.5) is 0 Å². The largest absolute Gasteiger partial charge is 0.481 e. The first-order valence-corrected chi connectivity index (χ1v) is 4.00. The van der Waals surface area contributed by atoms with E-state index < -0.39 is 5.97 Å². The van der Waals surface area contributed by atoms with Crippen LogP contribution in [-0.2, 0) is 9.59 Å². The molecule has 0 bridgehead atoms. The molecule has 0 aromatic rings. The van der Waals surface area contributed by atoms with Gasteiger partial charge in [-0.3, -0.25) is 9.59 Å². The molecule has 0 aromatic carbocycles. The third-order valence-corrected chi connectivity index (χ3v) is 2.53. The van der Waals surface area contributed by atoms with E-state index in [4.69, 9.17) is 5.11 Å². The van der Waals surface area contributed by atoms with E-state index in [9.17, 15) is 9.59 Å². The van der Waals surface area contributed by atoms with E-state index in [1.165, 1.54) is 0 Å². The summed E-state index contributed by atoms with van der Waals surface area (Å²) >= 11 is 0. The van der Waals surface area contributed by atoms with Crippen LogP contribution in [-0.4, -0.2) is 23.5 Å². The number of carbonyl (C=O) groups excluding carboxylic acids is 1. The Morgan fingerprint density at radius 2 is 2.33 bits per heavy atom. The highest BCUT2D eigenvalue weighted by atomic mass is 16.4. The molecule has 2 N–H and O–H groups in total. The van der Waals surface area contributed by atoms with Crippen LogP contribution in [0.25, 0.3) is 0 Å². The van der Waals surface area contributed by atoms with Crippen molar-refractivity contribution in [2.75, 3.05) is 0 Å². The van der Waals surface area contributed by atoms with Crippen LogP contribution in [0, 0.1) is 5.41 Å². The van der Waals surface area contributed by atoms with Gasteiger partial charge in [0.05, 0.1) is 6.42 Å². The van der Waals surface area contributed by atoms with Crippen LogP contribution in [0.1, 0.15) is 26.2 Å². The molecule has 68 valence electrons. The van der Waals surface area contributed by atoms with Crippen LogP contribution in [0.5, 0.6) is 0 Å². The summed E-state index contributed by atoms with van der Waals surface area (Å²) in [7, 11) is 0. The molecular weight excluding hydrogens is 158 g/mol. The fourth-order valence-corrected chi connectivity index (χ4v) is 1.31. The Bertz CT molecular complexity index is 198. The SMILES string of the molecule is CC1(C(CC(=O)O)NC=O)CC1. The molecule has 1 rings (SSSR count). The highest BCUT2D eigenvalue weighted by Crippen LogP contribution is 2.48. The van der Waals surface area contributed by atoms with Gasteiger partial charge in [-0.25, -0.2) is 0 Å². The van der Waals surface area contributed by atoms with E-state index in [1.54, 1.807) is 0 Å². The molecule has 0 spiro atoms. The van der Waals surface area contributed by atoms with Gasteiger partial charge in [-0.05, 0) is 18.3 Å². The van der Waals surface area contributed by atoms with Gasteiger partial charge in [0.15, 0.2) is 0 Å². The summed E-state index contributed by atoms with van der Waals surface area (Å²) < 4.78 is 0. The summed E-state index contributed by atoms with van der Waals surface area (Å²) in [5.74, 6) is -0.859. The molecule has 0 aliphatic heterocycles. The second-order valence-corrected chi connectivity index (χ2v) is 3.59. The number of aliphatic carboxylic acids is 1. The molecule has 1 saturated carbocycles. The second-order valence-electron chi connectivity index (χ2n) is 3.59. The summed E-state index contributed by atoms with van der Waals surface area (Å²) in [5, 5.41) is 11.1. The van der Waals surface area contributed by atoms with Crippen molar-refractivity contribution in [3.8, 4) is 0 Å². The molecular formula is C8H13NO3. The number of rotatable bonds is 5. The number of hydrogen-bond acceptors (Lipinski definition) is 2. The fraction of sp³-hybridized carbons (Fsp3) is 0.750. The lowest BCUT2D eigenvalue weighted by atomic mass is 9.96. The minimum Gasteiger partial charge on any atom is -0.481 e. The minimum absolute atomic E-state index is 0.0231. The van der Waals surface area contributed by atoms with E-state index in [0.717, 1.165) is 12.8 Å². The number of carboxylic acids is 1. The van der Waals surface area contributed by atoms with Gasteiger partial charge in [0.1, 0.15) is 0 Å². The Hall–Kier alpha value is -1.06. The minimum atomic E-state index is -0.859. The van der Waals surface area contributed by atoms with Crippen molar-refractivity contribution in [1.29, 1.82) is 0 Å². The first-order chi connectivity index (χ1) is 5.58. The van der Waals surface area contributed by atoms with E-state index in [0.29, 0.717) is 6.41 Å². The van der Waals surface area contributed by atoms with Gasteiger partial charge in [-0.15, -0.1) is 0 Å². The van der Waals surface area contributed by atoms with Crippen LogP contribution in [0.15, 0.2) is 0 Å². The van der Waals surface area contributed by atoms with E-state index in [1.807, 2.05) is 6.92 Å². The Labute approximate surface area is 71.0 Å². The molecule has 1 aliphatic carbocycles. The topological polar surface area (TPSA) is 66.4 Å². The van der Waals surface area contributed by atoms with Gasteiger partial charge >= 0.3 is 5.97 Å². The molecule has 0 radical (unpaired) electrons. The van der Waals surface area contributed by atoms with Gasteiger partial charge in [0.25, 0.3) is 0 Å². The second kappa shape index (κ2) is 3.13. The molecule has 0 saturated heterocycles. The normalized spacial score (nSPS) is 21.1. The summed E-state index contributed by atoms with van der Waals surface area (Å²) in [4.78, 5) is 20.6. The Kier molecular flexibility index (Phi) is 2.35.